The van der Waals surface area contributed by atoms with Gasteiger partial charge < -0.3 is 9.13 Å². The maximum atomic E-state index is 5.08. The molecule has 3 heterocycles. The topological polar surface area (TPSA) is 35.6 Å². The van der Waals surface area contributed by atoms with Crippen LogP contribution in [0.3, 0.4) is 0 Å². The monoisotopic (exact) mass is 730 g/mol. The van der Waals surface area contributed by atoms with Crippen LogP contribution in [0.5, 0.6) is 0 Å². The minimum absolute atomic E-state index is 0.707. The third-order valence-corrected chi connectivity index (χ3v) is 10.8. The number of benzene rings is 7. The van der Waals surface area contributed by atoms with Crippen molar-refractivity contribution in [3.63, 3.8) is 0 Å². The van der Waals surface area contributed by atoms with Gasteiger partial charge in [0.15, 0.2) is 5.82 Å². The molecule has 0 aliphatic carbocycles. The molecule has 4 nitrogen and oxygen atoms in total. The minimum atomic E-state index is 0.707. The predicted molar refractivity (Wildman–Crippen MR) is 240 cm³/mol. The molecule has 4 heteroatoms. The van der Waals surface area contributed by atoms with E-state index in [0.717, 1.165) is 78.4 Å². The third kappa shape index (κ3) is 5.96. The van der Waals surface area contributed by atoms with Gasteiger partial charge in [-0.2, -0.15) is 0 Å². The Bertz CT molecular complexity index is 3060. The van der Waals surface area contributed by atoms with Crippen molar-refractivity contribution in [2.45, 2.75) is 6.92 Å². The second kappa shape index (κ2) is 14.3. The van der Waals surface area contributed by atoms with Gasteiger partial charge in [-0.1, -0.05) is 146 Å². The molecule has 0 fully saturated rings. The van der Waals surface area contributed by atoms with Gasteiger partial charge in [-0.15, -0.1) is 0 Å². The number of fused-ring (bicyclic) bond motifs is 4. The van der Waals surface area contributed by atoms with Crippen LogP contribution in [-0.4, -0.2) is 19.1 Å². The Balaban J connectivity index is 1.09. The lowest BCUT2D eigenvalue weighted by Crippen LogP contribution is -1.97. The van der Waals surface area contributed by atoms with Gasteiger partial charge in [0.2, 0.25) is 0 Å². The van der Waals surface area contributed by atoms with E-state index in [2.05, 4.69) is 180 Å². The fraction of sp³-hybridized carbons (Fsp3) is 0.0189. The summed E-state index contributed by atoms with van der Waals surface area (Å²) in [5, 5.41) is 3.61. The van der Waals surface area contributed by atoms with Crippen LogP contribution in [-0.2, 0) is 0 Å². The lowest BCUT2D eigenvalue weighted by Gasteiger charge is -2.12. The first-order valence-electron chi connectivity index (χ1n) is 19.3. The molecule has 0 amide bonds. The zero-order valence-electron chi connectivity index (χ0n) is 31.5. The van der Waals surface area contributed by atoms with Gasteiger partial charge in [0.25, 0.3) is 0 Å². The van der Waals surface area contributed by atoms with Crippen molar-refractivity contribution in [3.8, 4) is 56.4 Å². The van der Waals surface area contributed by atoms with E-state index in [-0.39, 0.29) is 0 Å². The summed E-state index contributed by atoms with van der Waals surface area (Å²) < 4.78 is 4.71. The fourth-order valence-corrected chi connectivity index (χ4v) is 8.18. The number of rotatable bonds is 8. The Morgan fingerprint density at radius 3 is 1.68 bits per heavy atom. The van der Waals surface area contributed by atoms with Crippen molar-refractivity contribution in [3.05, 3.63) is 206 Å². The van der Waals surface area contributed by atoms with Crippen LogP contribution in [0.25, 0.3) is 101 Å². The molecule has 10 aromatic rings. The average molecular weight is 731 g/mol. The molecule has 0 unspecified atom stereocenters. The first kappa shape index (κ1) is 34.0. The summed E-state index contributed by atoms with van der Waals surface area (Å²) in [5.74, 6) is 0.707. The van der Waals surface area contributed by atoms with Gasteiger partial charge in [-0.3, -0.25) is 0 Å². The van der Waals surface area contributed by atoms with Crippen LogP contribution in [0.1, 0.15) is 18.2 Å². The van der Waals surface area contributed by atoms with E-state index < -0.39 is 0 Å². The molecule has 0 spiro atoms. The Morgan fingerprint density at radius 1 is 0.439 bits per heavy atom. The van der Waals surface area contributed by atoms with Crippen molar-refractivity contribution in [2.75, 3.05) is 0 Å². The molecule has 3 aromatic heterocycles. The van der Waals surface area contributed by atoms with Crippen molar-refractivity contribution < 1.29 is 0 Å². The van der Waals surface area contributed by atoms with Gasteiger partial charge in [-0.05, 0) is 78.7 Å². The Morgan fingerprint density at radius 2 is 0.982 bits per heavy atom. The van der Waals surface area contributed by atoms with Gasteiger partial charge in [0, 0.05) is 49.8 Å². The molecule has 7 aromatic carbocycles. The lowest BCUT2D eigenvalue weighted by atomic mass is 10.0. The van der Waals surface area contributed by atoms with Crippen LogP contribution < -0.4 is 0 Å². The quantitative estimate of drug-likeness (QED) is 0.156. The molecule has 0 atom stereocenters. The highest BCUT2D eigenvalue weighted by Gasteiger charge is 2.18. The van der Waals surface area contributed by atoms with Crippen LogP contribution in [0.2, 0.25) is 0 Å². The number of para-hydroxylation sites is 2. The van der Waals surface area contributed by atoms with Crippen molar-refractivity contribution >= 4 is 44.9 Å². The summed E-state index contributed by atoms with van der Waals surface area (Å²) in [5.41, 5.74) is 15.1. The second-order valence-corrected chi connectivity index (χ2v) is 14.2. The largest absolute Gasteiger partial charge is 0.309 e. The first-order chi connectivity index (χ1) is 28.2. The highest BCUT2D eigenvalue weighted by Crippen LogP contribution is 2.38. The van der Waals surface area contributed by atoms with Gasteiger partial charge in [0.05, 0.1) is 33.6 Å². The molecule has 270 valence electrons. The van der Waals surface area contributed by atoms with Crippen LogP contribution in [0, 0.1) is 0 Å². The SMILES string of the molecule is C=Cc1c(/C=C\C)n(-c2ccccc2)c2ccc(-c3ccc4c5ccccc5n(-c5ccc(-c6cc(-c7ccccc7)nc(-c7ccccc7)n6)cc5)c4c3)cc12. The van der Waals surface area contributed by atoms with E-state index in [1.54, 1.807) is 0 Å². The molecule has 0 saturated carbocycles. The summed E-state index contributed by atoms with van der Waals surface area (Å²) in [7, 11) is 0. The van der Waals surface area contributed by atoms with Gasteiger partial charge >= 0.3 is 0 Å². The normalized spacial score (nSPS) is 11.6. The summed E-state index contributed by atoms with van der Waals surface area (Å²) in [4.78, 5) is 10.1. The summed E-state index contributed by atoms with van der Waals surface area (Å²) in [6, 6.07) is 64.2. The smallest absolute Gasteiger partial charge is 0.160 e. The number of hydrogen-bond donors (Lipinski definition) is 0. The number of nitrogens with zero attached hydrogens (tertiary/aromatic N) is 4. The van der Waals surface area contributed by atoms with Gasteiger partial charge in [0.1, 0.15) is 0 Å². The average Bonchev–Trinajstić information content (AvgIpc) is 3.78. The molecule has 0 N–H and O–H groups in total. The molecule has 0 bridgehead atoms. The number of allylic oxidation sites excluding steroid dienone is 1. The Labute approximate surface area is 332 Å². The Hall–Kier alpha value is -7.56. The fourth-order valence-electron chi connectivity index (χ4n) is 8.18. The van der Waals surface area contributed by atoms with E-state index in [0.29, 0.717) is 5.82 Å². The highest BCUT2D eigenvalue weighted by atomic mass is 15.0. The molecular weight excluding hydrogens is 693 g/mol. The van der Waals surface area contributed by atoms with Crippen molar-refractivity contribution in [2.24, 2.45) is 0 Å². The number of hydrogen-bond acceptors (Lipinski definition) is 2. The maximum absolute atomic E-state index is 5.08. The zero-order chi connectivity index (χ0) is 38.3. The van der Waals surface area contributed by atoms with Gasteiger partial charge in [-0.25, -0.2) is 9.97 Å². The van der Waals surface area contributed by atoms with E-state index in [9.17, 15) is 0 Å². The van der Waals surface area contributed by atoms with Crippen LogP contribution >= 0.6 is 0 Å². The Kier molecular flexibility index (Phi) is 8.50. The van der Waals surface area contributed by atoms with E-state index in [4.69, 9.17) is 9.97 Å². The van der Waals surface area contributed by atoms with Crippen LogP contribution in [0.4, 0.5) is 0 Å². The van der Waals surface area contributed by atoms with Crippen molar-refractivity contribution in [1.29, 1.82) is 0 Å². The standard InChI is InChI=1S/C53H38N4/c1-3-16-49-43(4-2)46-33-39(28-32-51(46)56(49)41-21-12-7-13-22-41)40-27-31-45-44-23-14-15-24-50(44)57(52(45)34-40)42-29-25-37(26-30-42)48-35-47(36-17-8-5-9-18-36)54-53(55-48)38-19-10-6-11-20-38/h3-35H,2H2,1H3/b16-3-. The molecule has 0 aliphatic rings. The molecule has 0 radical (unpaired) electrons. The van der Waals surface area contributed by atoms with Crippen molar-refractivity contribution in [1.82, 2.24) is 19.1 Å². The molecule has 0 saturated heterocycles. The summed E-state index contributed by atoms with van der Waals surface area (Å²) in [6.45, 7) is 6.31. The highest BCUT2D eigenvalue weighted by molar-refractivity contribution is 6.10. The predicted octanol–water partition coefficient (Wildman–Crippen LogP) is 13.9. The minimum Gasteiger partial charge on any atom is -0.309 e. The molecular formula is C53H38N4. The second-order valence-electron chi connectivity index (χ2n) is 14.2. The molecule has 10 rings (SSSR count). The summed E-state index contributed by atoms with van der Waals surface area (Å²) >= 11 is 0. The molecule has 57 heavy (non-hydrogen) atoms. The lowest BCUT2D eigenvalue weighted by molar-refractivity contribution is 1.10. The molecule has 0 aliphatic heterocycles. The maximum Gasteiger partial charge on any atom is 0.160 e. The van der Waals surface area contributed by atoms with E-state index in [1.807, 2.05) is 42.5 Å². The van der Waals surface area contributed by atoms with E-state index in [1.165, 1.54) is 16.2 Å². The van der Waals surface area contributed by atoms with Crippen LogP contribution in [0.15, 0.2) is 195 Å². The zero-order valence-corrected chi connectivity index (χ0v) is 31.5. The third-order valence-electron chi connectivity index (χ3n) is 10.8. The first-order valence-corrected chi connectivity index (χ1v) is 19.3. The summed E-state index contributed by atoms with van der Waals surface area (Å²) in [6.07, 6.45) is 6.25. The van der Waals surface area contributed by atoms with E-state index >= 15 is 0 Å². The number of aromatic nitrogens is 4.